The Hall–Kier alpha value is -0.580. The maximum atomic E-state index is 9.73. The summed E-state index contributed by atoms with van der Waals surface area (Å²) in [4.78, 5) is 0. The molecule has 1 aromatic rings. The Morgan fingerprint density at radius 2 is 1.94 bits per heavy atom. The van der Waals surface area contributed by atoms with Crippen LogP contribution < -0.4 is 10.1 Å². The van der Waals surface area contributed by atoms with Gasteiger partial charge in [-0.3, -0.25) is 0 Å². The van der Waals surface area contributed by atoms with Gasteiger partial charge >= 0.3 is 0 Å². The van der Waals surface area contributed by atoms with Crippen molar-refractivity contribution in [1.29, 1.82) is 0 Å². The summed E-state index contributed by atoms with van der Waals surface area (Å²) in [5.74, 6) is 1.47. The molecule has 0 heterocycles. The topological polar surface area (TPSA) is 41.5 Å². The minimum Gasteiger partial charge on any atom is -0.491 e. The minimum absolute atomic E-state index is 0.316. The maximum Gasteiger partial charge on any atom is 0.119 e. The predicted octanol–water partition coefficient (Wildman–Crippen LogP) is 2.82. The highest BCUT2D eigenvalue weighted by Crippen LogP contribution is 2.16. The SMILES string of the molecule is CC(C)CCNCC(O)COc1ccc(Br)cc1. The number of rotatable bonds is 8. The molecule has 0 saturated heterocycles. The highest BCUT2D eigenvalue weighted by atomic mass is 79.9. The molecule has 0 bridgehead atoms. The van der Waals surface area contributed by atoms with E-state index < -0.39 is 6.10 Å². The summed E-state index contributed by atoms with van der Waals surface area (Å²) in [6, 6.07) is 7.59. The van der Waals surface area contributed by atoms with Crippen LogP contribution in [0.15, 0.2) is 28.7 Å². The van der Waals surface area contributed by atoms with Crippen molar-refractivity contribution in [2.45, 2.75) is 26.4 Å². The molecule has 0 radical (unpaired) electrons. The second-order valence-corrected chi connectivity index (χ2v) is 5.72. The van der Waals surface area contributed by atoms with E-state index in [1.807, 2.05) is 24.3 Å². The van der Waals surface area contributed by atoms with E-state index in [1.165, 1.54) is 0 Å². The molecular formula is C14H22BrNO2. The average Bonchev–Trinajstić information content (AvgIpc) is 2.34. The fourth-order valence-electron chi connectivity index (χ4n) is 1.44. The van der Waals surface area contributed by atoms with Crippen molar-refractivity contribution < 1.29 is 9.84 Å². The van der Waals surface area contributed by atoms with Crippen LogP contribution in [-0.2, 0) is 0 Å². The normalized spacial score (nSPS) is 12.7. The van der Waals surface area contributed by atoms with Crippen molar-refractivity contribution in [3.05, 3.63) is 28.7 Å². The van der Waals surface area contributed by atoms with Crippen LogP contribution in [0.25, 0.3) is 0 Å². The highest BCUT2D eigenvalue weighted by molar-refractivity contribution is 9.10. The first-order valence-electron chi connectivity index (χ1n) is 6.35. The van der Waals surface area contributed by atoms with Crippen molar-refractivity contribution in [3.8, 4) is 5.75 Å². The first kappa shape index (κ1) is 15.5. The van der Waals surface area contributed by atoms with Crippen LogP contribution in [0.5, 0.6) is 5.75 Å². The summed E-state index contributed by atoms with van der Waals surface area (Å²) in [5, 5.41) is 13.0. The molecule has 1 atom stereocenters. The standard InChI is InChI=1S/C14H22BrNO2/c1-11(2)7-8-16-9-13(17)10-18-14-5-3-12(15)4-6-14/h3-6,11,13,16-17H,7-10H2,1-2H3. The molecular weight excluding hydrogens is 294 g/mol. The lowest BCUT2D eigenvalue weighted by Crippen LogP contribution is -2.32. The number of aliphatic hydroxyl groups is 1. The quantitative estimate of drug-likeness (QED) is 0.725. The van der Waals surface area contributed by atoms with E-state index in [1.54, 1.807) is 0 Å². The average molecular weight is 316 g/mol. The maximum absolute atomic E-state index is 9.73. The van der Waals surface area contributed by atoms with Crippen molar-refractivity contribution in [1.82, 2.24) is 5.32 Å². The number of hydrogen-bond donors (Lipinski definition) is 2. The second-order valence-electron chi connectivity index (χ2n) is 4.81. The number of ether oxygens (including phenoxy) is 1. The first-order chi connectivity index (χ1) is 8.58. The van der Waals surface area contributed by atoms with Crippen LogP contribution in [-0.4, -0.2) is 30.9 Å². The second kappa shape index (κ2) is 8.51. The molecule has 0 aliphatic rings. The smallest absolute Gasteiger partial charge is 0.119 e. The number of hydrogen-bond acceptors (Lipinski definition) is 3. The summed E-state index contributed by atoms with van der Waals surface area (Å²) in [5.41, 5.74) is 0. The fraction of sp³-hybridized carbons (Fsp3) is 0.571. The predicted molar refractivity (Wildman–Crippen MR) is 78.0 cm³/mol. The zero-order chi connectivity index (χ0) is 13.4. The van der Waals surface area contributed by atoms with Crippen LogP contribution >= 0.6 is 15.9 Å². The number of halogens is 1. The molecule has 1 aromatic carbocycles. The third kappa shape index (κ3) is 6.99. The lowest BCUT2D eigenvalue weighted by atomic mass is 10.1. The molecule has 102 valence electrons. The molecule has 0 aromatic heterocycles. The lowest BCUT2D eigenvalue weighted by molar-refractivity contribution is 0.106. The van der Waals surface area contributed by atoms with Crippen LogP contribution in [0.2, 0.25) is 0 Å². The molecule has 0 saturated carbocycles. The van der Waals surface area contributed by atoms with Crippen molar-refractivity contribution >= 4 is 15.9 Å². The van der Waals surface area contributed by atoms with Gasteiger partial charge in [-0.25, -0.2) is 0 Å². The van der Waals surface area contributed by atoms with Gasteiger partial charge in [0.15, 0.2) is 0 Å². The van der Waals surface area contributed by atoms with Gasteiger partial charge in [-0.2, -0.15) is 0 Å². The molecule has 3 nitrogen and oxygen atoms in total. The van der Waals surface area contributed by atoms with Crippen molar-refractivity contribution in [2.75, 3.05) is 19.7 Å². The summed E-state index contributed by atoms with van der Waals surface area (Å²) in [6.45, 7) is 6.20. The molecule has 0 aliphatic carbocycles. The van der Waals surface area contributed by atoms with Gasteiger partial charge in [0.1, 0.15) is 18.5 Å². The van der Waals surface area contributed by atoms with Crippen LogP contribution in [0.1, 0.15) is 20.3 Å². The van der Waals surface area contributed by atoms with Crippen LogP contribution in [0.3, 0.4) is 0 Å². The van der Waals surface area contributed by atoms with Gasteiger partial charge in [0, 0.05) is 11.0 Å². The molecule has 2 N–H and O–H groups in total. The van der Waals surface area contributed by atoms with E-state index in [0.717, 1.165) is 23.2 Å². The van der Waals surface area contributed by atoms with Crippen molar-refractivity contribution in [3.63, 3.8) is 0 Å². The number of aliphatic hydroxyl groups excluding tert-OH is 1. The lowest BCUT2D eigenvalue weighted by Gasteiger charge is -2.13. The van der Waals surface area contributed by atoms with Gasteiger partial charge in [-0.05, 0) is 43.1 Å². The van der Waals surface area contributed by atoms with Gasteiger partial charge in [0.25, 0.3) is 0 Å². The van der Waals surface area contributed by atoms with E-state index in [2.05, 4.69) is 35.1 Å². The van der Waals surface area contributed by atoms with E-state index in [4.69, 9.17) is 4.74 Å². The van der Waals surface area contributed by atoms with E-state index in [0.29, 0.717) is 19.1 Å². The largest absolute Gasteiger partial charge is 0.491 e. The monoisotopic (exact) mass is 315 g/mol. The molecule has 0 fully saturated rings. The summed E-state index contributed by atoms with van der Waals surface area (Å²) < 4.78 is 6.51. The summed E-state index contributed by atoms with van der Waals surface area (Å²) in [6.07, 6.45) is 0.654. The summed E-state index contributed by atoms with van der Waals surface area (Å²) >= 11 is 3.36. The molecule has 4 heteroatoms. The van der Waals surface area contributed by atoms with Crippen LogP contribution in [0, 0.1) is 5.92 Å². The molecule has 1 rings (SSSR count). The summed E-state index contributed by atoms with van der Waals surface area (Å²) in [7, 11) is 0. The molecule has 0 aliphatic heterocycles. The van der Waals surface area contributed by atoms with E-state index in [9.17, 15) is 5.11 Å². The minimum atomic E-state index is -0.471. The van der Waals surface area contributed by atoms with Gasteiger partial charge in [0.2, 0.25) is 0 Å². The van der Waals surface area contributed by atoms with E-state index >= 15 is 0 Å². The third-order valence-electron chi connectivity index (χ3n) is 2.53. The van der Waals surface area contributed by atoms with Crippen LogP contribution in [0.4, 0.5) is 0 Å². The first-order valence-corrected chi connectivity index (χ1v) is 7.14. The zero-order valence-electron chi connectivity index (χ0n) is 11.0. The number of benzene rings is 1. The Kier molecular flexibility index (Phi) is 7.32. The molecule has 1 unspecified atom stereocenters. The Morgan fingerprint density at radius 1 is 1.28 bits per heavy atom. The van der Waals surface area contributed by atoms with Crippen molar-refractivity contribution in [2.24, 2.45) is 5.92 Å². The zero-order valence-corrected chi connectivity index (χ0v) is 12.6. The Bertz CT molecular complexity index is 327. The van der Waals surface area contributed by atoms with Gasteiger partial charge in [0.05, 0.1) is 0 Å². The number of nitrogens with one attached hydrogen (secondary N) is 1. The van der Waals surface area contributed by atoms with Gasteiger partial charge < -0.3 is 15.2 Å². The Labute approximate surface area is 118 Å². The fourth-order valence-corrected chi connectivity index (χ4v) is 1.71. The Balaban J connectivity index is 2.13. The third-order valence-corrected chi connectivity index (χ3v) is 3.06. The molecule has 0 amide bonds. The van der Waals surface area contributed by atoms with Gasteiger partial charge in [-0.1, -0.05) is 29.8 Å². The molecule has 18 heavy (non-hydrogen) atoms. The Morgan fingerprint density at radius 3 is 2.56 bits per heavy atom. The molecule has 0 spiro atoms. The van der Waals surface area contributed by atoms with E-state index in [-0.39, 0.29) is 0 Å². The highest BCUT2D eigenvalue weighted by Gasteiger charge is 2.05. The van der Waals surface area contributed by atoms with Gasteiger partial charge in [-0.15, -0.1) is 0 Å².